The second kappa shape index (κ2) is 8.33. The zero-order valence-corrected chi connectivity index (χ0v) is 17.1. The number of carbonyl (C=O) groups is 1. The predicted octanol–water partition coefficient (Wildman–Crippen LogP) is 4.90. The highest BCUT2D eigenvalue weighted by atomic mass is 16.5. The van der Waals surface area contributed by atoms with Gasteiger partial charge in [-0.05, 0) is 53.6 Å². The minimum atomic E-state index is -0.826. The number of hydrogen-bond acceptors (Lipinski definition) is 3. The van der Waals surface area contributed by atoms with Crippen molar-refractivity contribution in [3.8, 4) is 11.4 Å². The first kappa shape index (κ1) is 19.6. The SMILES string of the molecule is COc1cccc(CN(C)c2ccc(-n3cc(CC(=O)O)c4ccccc43)cc2)c1. The van der Waals surface area contributed by atoms with Crippen LogP contribution < -0.4 is 9.64 Å². The van der Waals surface area contributed by atoms with Gasteiger partial charge in [0, 0.05) is 36.6 Å². The molecule has 0 saturated heterocycles. The maximum Gasteiger partial charge on any atom is 0.307 e. The van der Waals surface area contributed by atoms with E-state index in [-0.39, 0.29) is 6.42 Å². The Morgan fingerprint density at radius 1 is 1.03 bits per heavy atom. The van der Waals surface area contributed by atoms with Crippen LogP contribution in [0.4, 0.5) is 5.69 Å². The van der Waals surface area contributed by atoms with Crippen LogP contribution in [0.5, 0.6) is 5.75 Å². The van der Waals surface area contributed by atoms with Crippen LogP contribution in [0.2, 0.25) is 0 Å². The molecule has 0 saturated carbocycles. The number of methoxy groups -OCH3 is 1. The minimum Gasteiger partial charge on any atom is -0.497 e. The molecular formula is C25H24N2O3. The van der Waals surface area contributed by atoms with Crippen LogP contribution in [0.3, 0.4) is 0 Å². The lowest BCUT2D eigenvalue weighted by Crippen LogP contribution is -2.16. The Morgan fingerprint density at radius 2 is 1.80 bits per heavy atom. The lowest BCUT2D eigenvalue weighted by molar-refractivity contribution is -0.136. The van der Waals surface area contributed by atoms with E-state index in [9.17, 15) is 9.90 Å². The van der Waals surface area contributed by atoms with E-state index in [2.05, 4.69) is 46.8 Å². The van der Waals surface area contributed by atoms with E-state index in [0.29, 0.717) is 0 Å². The van der Waals surface area contributed by atoms with Gasteiger partial charge in [-0.2, -0.15) is 0 Å². The van der Waals surface area contributed by atoms with E-state index in [0.717, 1.165) is 40.1 Å². The normalized spacial score (nSPS) is 10.9. The molecule has 0 amide bonds. The van der Waals surface area contributed by atoms with Gasteiger partial charge in [0.15, 0.2) is 0 Å². The summed E-state index contributed by atoms with van der Waals surface area (Å²) in [7, 11) is 3.74. The smallest absolute Gasteiger partial charge is 0.307 e. The molecule has 0 bridgehead atoms. The standard InChI is InChI=1S/C25H24N2O3/c1-26(16-18-6-5-7-22(14-18)30-2)20-10-12-21(13-11-20)27-17-19(15-25(28)29)23-8-3-4-9-24(23)27/h3-14,17H,15-16H2,1-2H3,(H,28,29). The third-order valence-corrected chi connectivity index (χ3v) is 5.26. The first-order valence-electron chi connectivity index (χ1n) is 9.80. The molecular weight excluding hydrogens is 376 g/mol. The zero-order valence-electron chi connectivity index (χ0n) is 17.1. The average Bonchev–Trinajstić information content (AvgIpc) is 3.12. The predicted molar refractivity (Wildman–Crippen MR) is 120 cm³/mol. The molecule has 3 aromatic carbocycles. The molecule has 1 aromatic heterocycles. The lowest BCUT2D eigenvalue weighted by atomic mass is 10.1. The lowest BCUT2D eigenvalue weighted by Gasteiger charge is -2.20. The van der Waals surface area contributed by atoms with Gasteiger partial charge in [0.1, 0.15) is 5.75 Å². The fraction of sp³-hybridized carbons (Fsp3) is 0.160. The average molecular weight is 400 g/mol. The number of hydrogen-bond donors (Lipinski definition) is 1. The van der Waals surface area contributed by atoms with Gasteiger partial charge in [0.2, 0.25) is 0 Å². The molecule has 30 heavy (non-hydrogen) atoms. The summed E-state index contributed by atoms with van der Waals surface area (Å²) in [4.78, 5) is 13.4. The van der Waals surface area contributed by atoms with Gasteiger partial charge in [0.25, 0.3) is 0 Å². The van der Waals surface area contributed by atoms with Crippen LogP contribution in [0.15, 0.2) is 79.0 Å². The number of fused-ring (bicyclic) bond motifs is 1. The van der Waals surface area contributed by atoms with Crippen molar-refractivity contribution < 1.29 is 14.6 Å². The van der Waals surface area contributed by atoms with Crippen molar-refractivity contribution in [3.05, 3.63) is 90.1 Å². The number of nitrogens with zero attached hydrogens (tertiary/aromatic N) is 2. The highest BCUT2D eigenvalue weighted by molar-refractivity contribution is 5.88. The minimum absolute atomic E-state index is 0.00880. The fourth-order valence-electron chi connectivity index (χ4n) is 3.77. The Kier molecular flexibility index (Phi) is 5.44. The summed E-state index contributed by atoms with van der Waals surface area (Å²) in [6.45, 7) is 0.770. The van der Waals surface area contributed by atoms with Crippen molar-refractivity contribution >= 4 is 22.6 Å². The van der Waals surface area contributed by atoms with Gasteiger partial charge in [-0.15, -0.1) is 0 Å². The Bertz CT molecular complexity index is 1180. The maximum absolute atomic E-state index is 11.2. The molecule has 1 heterocycles. The van der Waals surface area contributed by atoms with Crippen LogP contribution in [-0.4, -0.2) is 29.8 Å². The van der Waals surface area contributed by atoms with Gasteiger partial charge < -0.3 is 19.3 Å². The molecule has 152 valence electrons. The van der Waals surface area contributed by atoms with Gasteiger partial charge in [-0.3, -0.25) is 4.79 Å². The number of carboxylic acid groups (broad SMARTS) is 1. The van der Waals surface area contributed by atoms with Crippen LogP contribution in [0.25, 0.3) is 16.6 Å². The van der Waals surface area contributed by atoms with Crippen molar-refractivity contribution in [2.24, 2.45) is 0 Å². The van der Waals surface area contributed by atoms with E-state index >= 15 is 0 Å². The number of ether oxygens (including phenoxy) is 1. The maximum atomic E-state index is 11.2. The van der Waals surface area contributed by atoms with Crippen molar-refractivity contribution in [2.75, 3.05) is 19.1 Å². The van der Waals surface area contributed by atoms with Crippen LogP contribution in [-0.2, 0) is 17.8 Å². The largest absolute Gasteiger partial charge is 0.497 e. The van der Waals surface area contributed by atoms with E-state index < -0.39 is 5.97 Å². The quantitative estimate of drug-likeness (QED) is 0.479. The summed E-state index contributed by atoms with van der Waals surface area (Å²) in [5.41, 5.74) is 5.10. The molecule has 0 unspecified atom stereocenters. The summed E-state index contributed by atoms with van der Waals surface area (Å²) >= 11 is 0. The first-order chi connectivity index (χ1) is 14.5. The fourth-order valence-corrected chi connectivity index (χ4v) is 3.77. The molecule has 0 atom stereocenters. The molecule has 5 nitrogen and oxygen atoms in total. The highest BCUT2D eigenvalue weighted by Gasteiger charge is 2.12. The van der Waals surface area contributed by atoms with E-state index in [4.69, 9.17) is 4.74 Å². The van der Waals surface area contributed by atoms with E-state index in [1.54, 1.807) is 7.11 Å². The first-order valence-corrected chi connectivity index (χ1v) is 9.80. The molecule has 4 rings (SSSR count). The summed E-state index contributed by atoms with van der Waals surface area (Å²) in [5, 5.41) is 10.2. The Balaban J connectivity index is 1.60. The molecule has 0 aliphatic rings. The summed E-state index contributed by atoms with van der Waals surface area (Å²) in [6, 6.07) is 24.3. The number of aromatic nitrogens is 1. The molecule has 0 spiro atoms. The van der Waals surface area contributed by atoms with Gasteiger partial charge in [0.05, 0.1) is 19.0 Å². The Hall–Kier alpha value is -3.73. The number of aliphatic carboxylic acids is 1. The molecule has 1 N–H and O–H groups in total. The second-order valence-electron chi connectivity index (χ2n) is 7.34. The van der Waals surface area contributed by atoms with Gasteiger partial charge in [-0.1, -0.05) is 30.3 Å². The highest BCUT2D eigenvalue weighted by Crippen LogP contribution is 2.27. The van der Waals surface area contributed by atoms with E-state index in [1.165, 1.54) is 5.56 Å². The number of para-hydroxylation sites is 1. The summed E-state index contributed by atoms with van der Waals surface area (Å²) in [5.74, 6) is 0.0281. The Morgan fingerprint density at radius 3 is 2.53 bits per heavy atom. The molecule has 0 fully saturated rings. The molecule has 5 heteroatoms. The van der Waals surface area contributed by atoms with Crippen molar-refractivity contribution in [3.63, 3.8) is 0 Å². The number of rotatable bonds is 7. The van der Waals surface area contributed by atoms with Crippen molar-refractivity contribution in [2.45, 2.75) is 13.0 Å². The number of anilines is 1. The molecule has 0 radical (unpaired) electrons. The second-order valence-corrected chi connectivity index (χ2v) is 7.34. The van der Waals surface area contributed by atoms with Gasteiger partial charge in [-0.25, -0.2) is 0 Å². The topological polar surface area (TPSA) is 54.7 Å². The number of carboxylic acids is 1. The van der Waals surface area contributed by atoms with Crippen molar-refractivity contribution in [1.82, 2.24) is 4.57 Å². The third kappa shape index (κ3) is 4.01. The monoisotopic (exact) mass is 400 g/mol. The zero-order chi connectivity index (χ0) is 21.1. The number of benzene rings is 3. The molecule has 0 aliphatic heterocycles. The summed E-state index contributed by atoms with van der Waals surface area (Å²) < 4.78 is 7.36. The van der Waals surface area contributed by atoms with E-state index in [1.807, 2.05) is 48.7 Å². The molecule has 4 aromatic rings. The van der Waals surface area contributed by atoms with Crippen molar-refractivity contribution in [1.29, 1.82) is 0 Å². The van der Waals surface area contributed by atoms with Crippen LogP contribution >= 0.6 is 0 Å². The summed E-state index contributed by atoms with van der Waals surface area (Å²) in [6.07, 6.45) is 1.93. The Labute approximate surface area is 175 Å². The van der Waals surface area contributed by atoms with Gasteiger partial charge >= 0.3 is 5.97 Å². The van der Waals surface area contributed by atoms with Crippen LogP contribution in [0.1, 0.15) is 11.1 Å². The third-order valence-electron chi connectivity index (χ3n) is 5.26. The van der Waals surface area contributed by atoms with Crippen LogP contribution in [0, 0.1) is 0 Å². The molecule has 0 aliphatic carbocycles.